The molecule has 50 heavy (non-hydrogen) atoms. The Morgan fingerprint density at radius 2 is 1.06 bits per heavy atom. The number of fused-ring (bicyclic) bond motifs is 2. The number of nitrogens with zero attached hydrogens (tertiary/aromatic N) is 10. The van der Waals surface area contributed by atoms with Crippen molar-refractivity contribution in [3.8, 4) is 0 Å². The summed E-state index contributed by atoms with van der Waals surface area (Å²) in [5, 5.41) is 15.1. The van der Waals surface area contributed by atoms with E-state index in [2.05, 4.69) is 42.5 Å². The third-order valence-corrected chi connectivity index (χ3v) is 7.00. The molecule has 0 unspecified atom stereocenters. The van der Waals surface area contributed by atoms with Crippen LogP contribution < -0.4 is 29.8 Å². The van der Waals surface area contributed by atoms with Gasteiger partial charge in [0, 0.05) is 85.5 Å². The zero-order valence-corrected chi connectivity index (χ0v) is 32.9. The fraction of sp³-hybridized carbons (Fsp3) is 0.211. The van der Waals surface area contributed by atoms with Crippen LogP contribution in [0.4, 0.5) is 34.4 Å². The van der Waals surface area contributed by atoms with Crippen LogP contribution in [0, 0.1) is 66.9 Å². The molecule has 0 amide bonds. The van der Waals surface area contributed by atoms with Gasteiger partial charge in [-0.15, -0.1) is 34.9 Å². The molecule has 6 aromatic rings. The van der Waals surface area contributed by atoms with Gasteiger partial charge in [0.2, 0.25) is 0 Å². The van der Waals surface area contributed by atoms with Crippen molar-refractivity contribution in [2.75, 3.05) is 33.7 Å². The third kappa shape index (κ3) is 10.4. The first-order valence-electron chi connectivity index (χ1n) is 18.1. The van der Waals surface area contributed by atoms with Gasteiger partial charge in [0.1, 0.15) is 11.6 Å². The summed E-state index contributed by atoms with van der Waals surface area (Å²) in [4.78, 5) is 16.4. The molecule has 0 spiro atoms. The number of benzene rings is 2. The molecule has 8 rings (SSSR count). The summed E-state index contributed by atoms with van der Waals surface area (Å²) in [6.07, 6.45) is 3.46. The van der Waals surface area contributed by atoms with E-state index in [0.717, 1.165) is 57.2 Å². The molecule has 12 heteroatoms. The Bertz CT molecular complexity index is 1940. The van der Waals surface area contributed by atoms with Gasteiger partial charge in [-0.2, -0.15) is 60.9 Å². The summed E-state index contributed by atoms with van der Waals surface area (Å²) < 4.78 is 44.2. The number of hydrogen-bond acceptors (Lipinski definition) is 8. The molecular weight excluding hydrogens is 987 g/mol. The molecule has 0 N–H and O–H groups in total. The summed E-state index contributed by atoms with van der Waals surface area (Å²) in [7, 11) is 3.88. The van der Waals surface area contributed by atoms with Gasteiger partial charge in [0.25, 0.3) is 0 Å². The predicted octanol–water partition coefficient (Wildman–Crippen LogP) is 7.10. The van der Waals surface area contributed by atoms with Crippen LogP contribution in [0.3, 0.4) is 0 Å². The van der Waals surface area contributed by atoms with Crippen LogP contribution >= 0.6 is 0 Å². The van der Waals surface area contributed by atoms with Crippen molar-refractivity contribution in [2.24, 2.45) is 0 Å². The Balaban J connectivity index is 0.000000219. The minimum atomic E-state index is -2.10. The van der Waals surface area contributed by atoms with Crippen LogP contribution in [0.15, 0.2) is 85.2 Å². The van der Waals surface area contributed by atoms with Crippen LogP contribution in [0.1, 0.15) is 42.1 Å². The number of anilines is 6. The summed E-state index contributed by atoms with van der Waals surface area (Å²) >= 11 is 0. The van der Waals surface area contributed by atoms with Crippen molar-refractivity contribution < 1.29 is 50.4 Å². The molecular formula is C38H40N10Pt2-6. The van der Waals surface area contributed by atoms with Crippen molar-refractivity contribution in [1.29, 1.82) is 0 Å². The van der Waals surface area contributed by atoms with Crippen LogP contribution in [0.5, 0.6) is 0 Å². The fourth-order valence-corrected chi connectivity index (χ4v) is 4.80. The second-order valence-corrected chi connectivity index (χ2v) is 11.1. The molecule has 0 atom stereocenters. The largest absolute Gasteiger partial charge is 0.579 e. The molecule has 2 aliphatic heterocycles. The van der Waals surface area contributed by atoms with Gasteiger partial charge in [0.15, 0.2) is 0 Å². The van der Waals surface area contributed by atoms with E-state index < -0.39 is 13.7 Å². The smallest absolute Gasteiger partial charge is 0.124 e. The maximum absolute atomic E-state index is 7.37. The van der Waals surface area contributed by atoms with E-state index in [9.17, 15) is 0 Å². The standard InChI is InChI=1S/2C14H13N3.2C5H7N2.2Pt/c2*1-11-5-7-12(8-6-11)17-10-16(2)13-4-3-9-15-14(13)17;2*1-4-3-5(2)7-6-4;;/h2*3-7,9-10H,1-2H3;2*3H,1-2H3;;/q2*-2;2*-1;;/i2*1D3;;;;. The van der Waals surface area contributed by atoms with Gasteiger partial charge >= 0.3 is 0 Å². The third-order valence-electron chi connectivity index (χ3n) is 7.00. The maximum Gasteiger partial charge on any atom is 0.124 e. The normalized spacial score (nSPS) is 14.4. The van der Waals surface area contributed by atoms with E-state index in [-0.39, 0.29) is 53.3 Å². The van der Waals surface area contributed by atoms with Crippen LogP contribution in [0.2, 0.25) is 0 Å². The molecule has 0 radical (unpaired) electrons. The Hall–Kier alpha value is -4.26. The number of aryl methyl sites for hydroxylation is 6. The quantitative estimate of drug-likeness (QED) is 0.168. The van der Waals surface area contributed by atoms with Crippen LogP contribution in [-0.2, 0) is 42.1 Å². The number of rotatable bonds is 2. The van der Waals surface area contributed by atoms with Gasteiger partial charge in [0.05, 0.1) is 0 Å². The van der Waals surface area contributed by atoms with Crippen molar-refractivity contribution in [3.05, 3.63) is 145 Å². The average molecular weight is 1030 g/mol. The van der Waals surface area contributed by atoms with E-state index in [1.807, 2.05) is 111 Å². The van der Waals surface area contributed by atoms with Gasteiger partial charge in [-0.25, -0.2) is 9.97 Å². The van der Waals surface area contributed by atoms with E-state index in [0.29, 0.717) is 0 Å². The first-order valence-corrected chi connectivity index (χ1v) is 15.1. The van der Waals surface area contributed by atoms with E-state index in [1.54, 1.807) is 36.7 Å². The number of hydrogen-bond donors (Lipinski definition) is 0. The molecule has 6 heterocycles. The van der Waals surface area contributed by atoms with E-state index in [4.69, 9.17) is 8.22 Å². The van der Waals surface area contributed by atoms with Crippen LogP contribution in [0.25, 0.3) is 0 Å². The Labute approximate surface area is 333 Å². The fourth-order valence-electron chi connectivity index (χ4n) is 4.80. The van der Waals surface area contributed by atoms with Gasteiger partial charge < -0.3 is 40.0 Å². The Kier molecular flexibility index (Phi) is 11.8. The molecule has 0 bridgehead atoms. The average Bonchev–Trinajstić information content (AvgIpc) is 3.90. The monoisotopic (exact) mass is 1030 g/mol. The van der Waals surface area contributed by atoms with Crippen molar-refractivity contribution in [2.45, 2.75) is 41.4 Å². The van der Waals surface area contributed by atoms with Crippen LogP contribution in [-0.4, -0.2) is 34.3 Å². The number of aromatic nitrogens is 6. The minimum Gasteiger partial charge on any atom is -0.579 e. The molecule has 0 saturated heterocycles. The topological polar surface area (TPSA) is 92.7 Å². The molecule has 2 aliphatic rings. The Morgan fingerprint density at radius 1 is 0.640 bits per heavy atom. The van der Waals surface area contributed by atoms with Crippen molar-refractivity contribution >= 4 is 34.4 Å². The first kappa shape index (κ1) is 31.7. The first-order chi connectivity index (χ1) is 25.5. The van der Waals surface area contributed by atoms with E-state index >= 15 is 0 Å². The number of pyridine rings is 2. The van der Waals surface area contributed by atoms with Gasteiger partial charge in [-0.05, 0) is 52.2 Å². The van der Waals surface area contributed by atoms with Gasteiger partial charge in [-0.1, -0.05) is 39.7 Å². The molecule has 4 aromatic heterocycles. The molecule has 0 aliphatic carbocycles. The maximum atomic E-state index is 7.37. The summed E-state index contributed by atoms with van der Waals surface area (Å²) in [5.41, 5.74) is 8.10. The summed E-state index contributed by atoms with van der Waals surface area (Å²) in [6.45, 7) is 7.32. The second kappa shape index (κ2) is 18.7. The van der Waals surface area contributed by atoms with Gasteiger partial charge in [-0.3, -0.25) is 0 Å². The zero-order valence-electron chi connectivity index (χ0n) is 34.3. The summed E-state index contributed by atoms with van der Waals surface area (Å²) in [6, 6.07) is 27.4. The molecule has 2 aromatic carbocycles. The zero-order chi connectivity index (χ0) is 39.2. The molecule has 0 saturated carbocycles. The molecule has 268 valence electrons. The SMILES string of the molecule is Cc1cc(C)[n-]n1.Cc1cc(C)[n-]n1.[2H]C([2H])([2H])c1c[c-]c(N2[CH-]N(C)c3cccnc32)cc1.[2H]C([2H])([2H])c1c[c-]c(N2[CH-]N(C)c3cccnc32)cc1.[Pt].[Pt]. The van der Waals surface area contributed by atoms with Crippen molar-refractivity contribution in [3.63, 3.8) is 0 Å². The predicted molar refractivity (Wildman–Crippen MR) is 192 cm³/mol. The molecule has 10 nitrogen and oxygen atoms in total. The summed E-state index contributed by atoms with van der Waals surface area (Å²) in [5.74, 6) is 1.63. The second-order valence-electron chi connectivity index (χ2n) is 11.1. The van der Waals surface area contributed by atoms with E-state index in [1.165, 1.54) is 12.1 Å². The Morgan fingerprint density at radius 3 is 1.34 bits per heavy atom. The molecule has 0 fully saturated rings. The minimum absolute atomic E-state index is 0. The van der Waals surface area contributed by atoms with Crippen molar-refractivity contribution in [1.82, 2.24) is 30.4 Å².